The highest BCUT2D eigenvalue weighted by atomic mass is 16.5. The van der Waals surface area contributed by atoms with Crippen LogP contribution in [-0.2, 0) is 9.53 Å². The highest BCUT2D eigenvalue weighted by Gasteiger charge is 2.20. The van der Waals surface area contributed by atoms with Crippen LogP contribution in [0.1, 0.15) is 34.1 Å². The molecule has 0 aliphatic carbocycles. The third-order valence-corrected chi connectivity index (χ3v) is 3.36. The van der Waals surface area contributed by atoms with Gasteiger partial charge in [-0.2, -0.15) is 0 Å². The Hall–Kier alpha value is -0.830. The van der Waals surface area contributed by atoms with Crippen molar-refractivity contribution in [2.24, 2.45) is 0 Å². The summed E-state index contributed by atoms with van der Waals surface area (Å²) >= 11 is 0. The predicted octanol–water partition coefficient (Wildman–Crippen LogP) is 2.37. The van der Waals surface area contributed by atoms with Gasteiger partial charge in [0.05, 0.1) is 26.1 Å². The first-order valence-electron chi connectivity index (χ1n) is 6.26. The van der Waals surface area contributed by atoms with Gasteiger partial charge in [0.15, 0.2) is 0 Å². The van der Waals surface area contributed by atoms with Crippen molar-refractivity contribution in [1.29, 1.82) is 0 Å². The van der Waals surface area contributed by atoms with Gasteiger partial charge in [-0.15, -0.1) is 0 Å². The highest BCUT2D eigenvalue weighted by molar-refractivity contribution is 5.71. The first-order valence-corrected chi connectivity index (χ1v) is 6.26. The number of hydrogen-bond donors (Lipinski definition) is 0. The molecule has 3 heteroatoms. The van der Waals surface area contributed by atoms with Crippen LogP contribution in [0, 0.1) is 0 Å². The van der Waals surface area contributed by atoms with Crippen LogP contribution < -0.4 is 0 Å². The number of hydrogen-bond acceptors (Lipinski definition) is 2. The number of likely N-dealkylation sites (N-methyl/N-ethyl adjacent to an activating group) is 1. The van der Waals surface area contributed by atoms with E-state index in [2.05, 4.69) is 20.8 Å². The molecule has 0 saturated carbocycles. The maximum absolute atomic E-state index is 11.3. The van der Waals surface area contributed by atoms with Crippen LogP contribution in [0.4, 0.5) is 0 Å². The number of carbonyl (C=O) groups excluding carboxylic acids is 1. The Bertz CT molecular complexity index is 212. The van der Waals surface area contributed by atoms with Gasteiger partial charge in [0.25, 0.3) is 0 Å². The molecule has 0 aliphatic rings. The van der Waals surface area contributed by atoms with Crippen molar-refractivity contribution in [1.82, 2.24) is 0 Å². The van der Waals surface area contributed by atoms with Crippen molar-refractivity contribution in [3.05, 3.63) is 12.2 Å². The fourth-order valence-electron chi connectivity index (χ4n) is 1.77. The van der Waals surface area contributed by atoms with E-state index in [1.54, 1.807) is 0 Å². The van der Waals surface area contributed by atoms with Gasteiger partial charge in [0.1, 0.15) is 13.2 Å². The predicted molar refractivity (Wildman–Crippen MR) is 67.1 cm³/mol. The fraction of sp³-hybridized carbons (Fsp3) is 0.769. The maximum Gasteiger partial charge on any atom is 0.309 e. The lowest BCUT2D eigenvalue weighted by atomic mass is 10.3. The Labute approximate surface area is 99.7 Å². The summed E-state index contributed by atoms with van der Waals surface area (Å²) in [5.41, 5.74) is 0. The molecular weight excluding hydrogens is 202 g/mol. The van der Waals surface area contributed by atoms with E-state index in [4.69, 9.17) is 4.74 Å². The standard InChI is InChI=1S/C13H26NO2/c1-5-9-10-13(15)16-12-11-14(6-2,7-3)8-4/h5,9H,6-8,10-12H2,1-4H3/q+1/b9-5+. The molecule has 0 aromatic rings. The molecule has 0 aromatic carbocycles. The molecule has 0 amide bonds. The first kappa shape index (κ1) is 15.2. The lowest BCUT2D eigenvalue weighted by Crippen LogP contribution is -2.49. The molecule has 94 valence electrons. The average molecular weight is 228 g/mol. The third-order valence-electron chi connectivity index (χ3n) is 3.36. The van der Waals surface area contributed by atoms with Gasteiger partial charge in [-0.1, -0.05) is 12.2 Å². The Kier molecular flexibility index (Phi) is 7.90. The third kappa shape index (κ3) is 5.31. The van der Waals surface area contributed by atoms with Crippen LogP contribution >= 0.6 is 0 Å². The molecule has 0 unspecified atom stereocenters. The SMILES string of the molecule is C/C=C/CC(=O)OCC[N+](CC)(CC)CC. The zero-order valence-corrected chi connectivity index (χ0v) is 11.2. The van der Waals surface area contributed by atoms with E-state index >= 15 is 0 Å². The zero-order valence-electron chi connectivity index (χ0n) is 11.2. The molecule has 0 radical (unpaired) electrons. The van der Waals surface area contributed by atoms with Crippen molar-refractivity contribution in [3.63, 3.8) is 0 Å². The van der Waals surface area contributed by atoms with E-state index in [1.165, 1.54) is 0 Å². The monoisotopic (exact) mass is 228 g/mol. The molecule has 0 bridgehead atoms. The number of allylic oxidation sites excluding steroid dienone is 1. The quantitative estimate of drug-likeness (QED) is 0.362. The van der Waals surface area contributed by atoms with Crippen molar-refractivity contribution < 1.29 is 14.0 Å². The number of ether oxygens (including phenoxy) is 1. The molecule has 0 aliphatic heterocycles. The van der Waals surface area contributed by atoms with Crippen LogP contribution in [0.25, 0.3) is 0 Å². The largest absolute Gasteiger partial charge is 0.459 e. The second-order valence-electron chi connectivity index (χ2n) is 4.01. The molecule has 0 aromatic heterocycles. The zero-order chi connectivity index (χ0) is 12.4. The van der Waals surface area contributed by atoms with Crippen molar-refractivity contribution in [3.8, 4) is 0 Å². The summed E-state index contributed by atoms with van der Waals surface area (Å²) in [6, 6.07) is 0. The molecule has 0 saturated heterocycles. The van der Waals surface area contributed by atoms with Crippen LogP contribution in [0.2, 0.25) is 0 Å². The van der Waals surface area contributed by atoms with Crippen LogP contribution in [-0.4, -0.2) is 43.2 Å². The van der Waals surface area contributed by atoms with E-state index in [-0.39, 0.29) is 5.97 Å². The molecule has 16 heavy (non-hydrogen) atoms. The fourth-order valence-corrected chi connectivity index (χ4v) is 1.77. The molecule has 0 N–H and O–H groups in total. The summed E-state index contributed by atoms with van der Waals surface area (Å²) in [6.45, 7) is 13.2. The normalized spacial score (nSPS) is 12.0. The summed E-state index contributed by atoms with van der Waals surface area (Å²) in [4.78, 5) is 11.3. The number of quaternary nitrogens is 1. The van der Waals surface area contributed by atoms with E-state index in [9.17, 15) is 4.79 Å². The lowest BCUT2D eigenvalue weighted by Gasteiger charge is -2.35. The molecule has 3 nitrogen and oxygen atoms in total. The van der Waals surface area contributed by atoms with Gasteiger partial charge >= 0.3 is 5.97 Å². The summed E-state index contributed by atoms with van der Waals surface area (Å²) in [5.74, 6) is -0.125. The Balaban J connectivity index is 3.90. The summed E-state index contributed by atoms with van der Waals surface area (Å²) < 4.78 is 6.22. The first-order chi connectivity index (χ1) is 7.64. The minimum Gasteiger partial charge on any atom is -0.459 e. The molecule has 0 fully saturated rings. The number of carbonyl (C=O) groups is 1. The summed E-state index contributed by atoms with van der Waals surface area (Å²) in [6.07, 6.45) is 4.08. The maximum atomic E-state index is 11.3. The molecule has 0 heterocycles. The summed E-state index contributed by atoms with van der Waals surface area (Å²) in [5, 5.41) is 0. The molecular formula is C13H26NO2+. The number of nitrogens with zero attached hydrogens (tertiary/aromatic N) is 1. The summed E-state index contributed by atoms with van der Waals surface area (Å²) in [7, 11) is 0. The molecule has 0 spiro atoms. The van der Waals surface area contributed by atoms with Gasteiger partial charge in [-0.3, -0.25) is 4.79 Å². The Morgan fingerprint density at radius 1 is 1.19 bits per heavy atom. The van der Waals surface area contributed by atoms with Crippen LogP contribution in [0.15, 0.2) is 12.2 Å². The number of esters is 1. The van der Waals surface area contributed by atoms with Crippen LogP contribution in [0.5, 0.6) is 0 Å². The van der Waals surface area contributed by atoms with E-state index in [1.807, 2.05) is 19.1 Å². The van der Waals surface area contributed by atoms with E-state index in [0.29, 0.717) is 13.0 Å². The van der Waals surface area contributed by atoms with Gasteiger partial charge in [0.2, 0.25) is 0 Å². The molecule has 0 atom stereocenters. The van der Waals surface area contributed by atoms with Gasteiger partial charge in [0, 0.05) is 0 Å². The topological polar surface area (TPSA) is 26.3 Å². The minimum atomic E-state index is -0.125. The van der Waals surface area contributed by atoms with E-state index < -0.39 is 0 Å². The second kappa shape index (κ2) is 8.34. The second-order valence-corrected chi connectivity index (χ2v) is 4.01. The van der Waals surface area contributed by atoms with Crippen molar-refractivity contribution in [2.45, 2.75) is 34.1 Å². The highest BCUT2D eigenvalue weighted by Crippen LogP contribution is 2.05. The lowest BCUT2D eigenvalue weighted by molar-refractivity contribution is -0.923. The van der Waals surface area contributed by atoms with Crippen molar-refractivity contribution in [2.75, 3.05) is 32.8 Å². The van der Waals surface area contributed by atoms with Gasteiger partial charge in [-0.05, 0) is 27.7 Å². The Morgan fingerprint density at radius 2 is 1.75 bits per heavy atom. The van der Waals surface area contributed by atoms with Crippen molar-refractivity contribution >= 4 is 5.97 Å². The average Bonchev–Trinajstić information content (AvgIpc) is 2.33. The smallest absolute Gasteiger partial charge is 0.309 e. The minimum absolute atomic E-state index is 0.125. The molecule has 0 rings (SSSR count). The number of rotatable bonds is 8. The van der Waals surface area contributed by atoms with Gasteiger partial charge in [-0.25, -0.2) is 0 Å². The Morgan fingerprint density at radius 3 is 2.19 bits per heavy atom. The van der Waals surface area contributed by atoms with E-state index in [0.717, 1.165) is 30.7 Å². The van der Waals surface area contributed by atoms with Gasteiger partial charge < -0.3 is 9.22 Å². The van der Waals surface area contributed by atoms with Crippen LogP contribution in [0.3, 0.4) is 0 Å².